The van der Waals surface area contributed by atoms with Gasteiger partial charge in [0, 0.05) is 18.8 Å². The van der Waals surface area contributed by atoms with Crippen LogP contribution in [0.4, 0.5) is 5.82 Å². The van der Waals surface area contributed by atoms with Gasteiger partial charge < -0.3 is 10.0 Å². The van der Waals surface area contributed by atoms with E-state index >= 15 is 0 Å². The number of aromatic nitrogens is 1. The molecule has 0 aliphatic heterocycles. The quantitative estimate of drug-likeness (QED) is 0.851. The molecule has 0 bridgehead atoms. The summed E-state index contributed by atoms with van der Waals surface area (Å²) in [6.45, 7) is 7.27. The zero-order valence-corrected chi connectivity index (χ0v) is 10.9. The van der Waals surface area contributed by atoms with Crippen molar-refractivity contribution in [2.24, 2.45) is 5.92 Å². The van der Waals surface area contributed by atoms with Crippen molar-refractivity contribution in [1.82, 2.24) is 4.98 Å². The third kappa shape index (κ3) is 3.19. The fourth-order valence-corrected chi connectivity index (χ4v) is 2.00. The maximum absolute atomic E-state index is 9.62. The minimum atomic E-state index is -0.424. The maximum Gasteiger partial charge on any atom is 0.129 e. The third-order valence-electron chi connectivity index (χ3n) is 3.32. The van der Waals surface area contributed by atoms with Crippen LogP contribution in [0.2, 0.25) is 0 Å². The van der Waals surface area contributed by atoms with Crippen molar-refractivity contribution >= 4 is 5.82 Å². The second-order valence-corrected chi connectivity index (χ2v) is 5.31. The molecule has 1 aliphatic carbocycles. The van der Waals surface area contributed by atoms with Gasteiger partial charge in [0.15, 0.2) is 0 Å². The summed E-state index contributed by atoms with van der Waals surface area (Å²) in [4.78, 5) is 6.78. The summed E-state index contributed by atoms with van der Waals surface area (Å²) < 4.78 is 0. The van der Waals surface area contributed by atoms with Crippen LogP contribution >= 0.6 is 0 Å². The Morgan fingerprint density at radius 2 is 2.12 bits per heavy atom. The van der Waals surface area contributed by atoms with Crippen molar-refractivity contribution in [3.63, 3.8) is 0 Å². The first-order valence-electron chi connectivity index (χ1n) is 6.48. The highest BCUT2D eigenvalue weighted by Crippen LogP contribution is 2.32. The number of hydrogen-bond acceptors (Lipinski definition) is 3. The van der Waals surface area contributed by atoms with E-state index in [0.717, 1.165) is 23.8 Å². The zero-order chi connectivity index (χ0) is 12.4. The molecule has 1 aliphatic rings. The standard InChI is InChI=1S/C14H22N2O/c1-10(2)16(9-12-4-5-12)14-8-13(11(3)17)6-7-15-14/h6-8,10-12,17H,4-5,9H2,1-3H3/t11-/m0/s1. The van der Waals surface area contributed by atoms with Gasteiger partial charge in [-0.1, -0.05) is 0 Å². The molecule has 0 saturated heterocycles. The van der Waals surface area contributed by atoms with Crippen LogP contribution < -0.4 is 4.90 Å². The van der Waals surface area contributed by atoms with Gasteiger partial charge in [0.25, 0.3) is 0 Å². The highest BCUT2D eigenvalue weighted by molar-refractivity contribution is 5.42. The Balaban J connectivity index is 2.18. The van der Waals surface area contributed by atoms with Crippen LogP contribution in [0, 0.1) is 5.92 Å². The van der Waals surface area contributed by atoms with Crippen LogP contribution in [0.15, 0.2) is 18.3 Å². The van der Waals surface area contributed by atoms with E-state index in [1.165, 1.54) is 12.8 Å². The lowest BCUT2D eigenvalue weighted by Gasteiger charge is -2.28. The summed E-state index contributed by atoms with van der Waals surface area (Å²) in [5.41, 5.74) is 0.941. The maximum atomic E-state index is 9.62. The Labute approximate surface area is 103 Å². The van der Waals surface area contributed by atoms with Crippen LogP contribution in [0.1, 0.15) is 45.3 Å². The molecule has 2 rings (SSSR count). The lowest BCUT2D eigenvalue weighted by Crippen LogP contribution is -2.33. The summed E-state index contributed by atoms with van der Waals surface area (Å²) in [7, 11) is 0. The van der Waals surface area contributed by atoms with Crippen LogP contribution in [-0.4, -0.2) is 22.7 Å². The molecule has 94 valence electrons. The van der Waals surface area contributed by atoms with Gasteiger partial charge >= 0.3 is 0 Å². The number of pyridine rings is 1. The second-order valence-electron chi connectivity index (χ2n) is 5.31. The van der Waals surface area contributed by atoms with Gasteiger partial charge in [0.2, 0.25) is 0 Å². The molecule has 1 aromatic heterocycles. The fourth-order valence-electron chi connectivity index (χ4n) is 2.00. The molecular formula is C14H22N2O. The summed E-state index contributed by atoms with van der Waals surface area (Å²) in [5.74, 6) is 1.83. The van der Waals surface area contributed by atoms with E-state index in [9.17, 15) is 5.11 Å². The van der Waals surface area contributed by atoms with Gasteiger partial charge in [0.1, 0.15) is 5.82 Å². The number of aliphatic hydroxyl groups excluding tert-OH is 1. The van der Waals surface area contributed by atoms with Crippen molar-refractivity contribution in [2.45, 2.75) is 45.8 Å². The monoisotopic (exact) mass is 234 g/mol. The molecule has 1 aromatic rings. The molecule has 17 heavy (non-hydrogen) atoms. The summed E-state index contributed by atoms with van der Waals surface area (Å²) in [6.07, 6.45) is 4.06. The molecule has 0 amide bonds. The van der Waals surface area contributed by atoms with Gasteiger partial charge in [-0.2, -0.15) is 0 Å². The van der Waals surface area contributed by atoms with Gasteiger partial charge in [-0.25, -0.2) is 4.98 Å². The predicted molar refractivity (Wildman–Crippen MR) is 70.1 cm³/mol. The number of rotatable bonds is 5. The van der Waals surface area contributed by atoms with Gasteiger partial charge in [-0.05, 0) is 57.2 Å². The number of hydrogen-bond donors (Lipinski definition) is 1. The molecule has 0 unspecified atom stereocenters. The smallest absolute Gasteiger partial charge is 0.129 e. The van der Waals surface area contributed by atoms with Crippen LogP contribution in [-0.2, 0) is 0 Å². The number of aliphatic hydroxyl groups is 1. The van der Waals surface area contributed by atoms with E-state index in [-0.39, 0.29) is 0 Å². The van der Waals surface area contributed by atoms with E-state index in [2.05, 4.69) is 23.7 Å². The van der Waals surface area contributed by atoms with Gasteiger partial charge in [0.05, 0.1) is 6.10 Å². The largest absolute Gasteiger partial charge is 0.389 e. The molecule has 1 heterocycles. The molecule has 1 fully saturated rings. The Kier molecular flexibility index (Phi) is 3.67. The van der Waals surface area contributed by atoms with Crippen molar-refractivity contribution in [3.05, 3.63) is 23.9 Å². The average Bonchev–Trinajstić information content (AvgIpc) is 3.09. The number of nitrogens with zero attached hydrogens (tertiary/aromatic N) is 2. The molecule has 1 N–H and O–H groups in total. The molecule has 0 spiro atoms. The van der Waals surface area contributed by atoms with Crippen molar-refractivity contribution < 1.29 is 5.11 Å². The van der Waals surface area contributed by atoms with E-state index in [4.69, 9.17) is 0 Å². The molecule has 0 aromatic carbocycles. The Morgan fingerprint density at radius 1 is 1.41 bits per heavy atom. The topological polar surface area (TPSA) is 36.4 Å². The first-order valence-corrected chi connectivity index (χ1v) is 6.48. The zero-order valence-electron chi connectivity index (χ0n) is 10.9. The van der Waals surface area contributed by atoms with E-state index in [1.807, 2.05) is 12.1 Å². The van der Waals surface area contributed by atoms with Crippen molar-refractivity contribution in [1.29, 1.82) is 0 Å². The van der Waals surface area contributed by atoms with E-state index in [1.54, 1.807) is 13.1 Å². The summed E-state index contributed by atoms with van der Waals surface area (Å²) in [6, 6.07) is 4.34. The van der Waals surface area contributed by atoms with E-state index in [0.29, 0.717) is 6.04 Å². The molecular weight excluding hydrogens is 212 g/mol. The molecule has 3 heteroatoms. The lowest BCUT2D eigenvalue weighted by molar-refractivity contribution is 0.199. The lowest BCUT2D eigenvalue weighted by atomic mass is 10.1. The molecule has 1 atom stereocenters. The highest BCUT2D eigenvalue weighted by Gasteiger charge is 2.26. The minimum Gasteiger partial charge on any atom is -0.389 e. The average molecular weight is 234 g/mol. The summed E-state index contributed by atoms with van der Waals surface area (Å²) in [5, 5.41) is 9.62. The van der Waals surface area contributed by atoms with E-state index < -0.39 is 6.10 Å². The number of anilines is 1. The van der Waals surface area contributed by atoms with Gasteiger partial charge in [-0.3, -0.25) is 0 Å². The highest BCUT2D eigenvalue weighted by atomic mass is 16.3. The Hall–Kier alpha value is -1.09. The predicted octanol–water partition coefficient (Wildman–Crippen LogP) is 2.76. The fraction of sp³-hybridized carbons (Fsp3) is 0.643. The molecule has 0 radical (unpaired) electrons. The minimum absolute atomic E-state index is 0.424. The van der Waals surface area contributed by atoms with Crippen LogP contribution in [0.5, 0.6) is 0 Å². The SMILES string of the molecule is CC(C)N(CC1CC1)c1cc([C@H](C)O)ccn1. The molecule has 3 nitrogen and oxygen atoms in total. The first-order chi connectivity index (χ1) is 8.08. The van der Waals surface area contributed by atoms with Crippen LogP contribution in [0.3, 0.4) is 0 Å². The van der Waals surface area contributed by atoms with Crippen molar-refractivity contribution in [3.8, 4) is 0 Å². The normalized spacial score (nSPS) is 17.2. The third-order valence-corrected chi connectivity index (χ3v) is 3.32. The Bertz CT molecular complexity index is 372. The van der Waals surface area contributed by atoms with Crippen LogP contribution in [0.25, 0.3) is 0 Å². The van der Waals surface area contributed by atoms with Crippen molar-refractivity contribution in [2.75, 3.05) is 11.4 Å². The Morgan fingerprint density at radius 3 is 2.65 bits per heavy atom. The van der Waals surface area contributed by atoms with Gasteiger partial charge in [-0.15, -0.1) is 0 Å². The first kappa shape index (κ1) is 12.4. The second kappa shape index (κ2) is 5.05. The summed E-state index contributed by atoms with van der Waals surface area (Å²) >= 11 is 0. The molecule has 1 saturated carbocycles.